The highest BCUT2D eigenvalue weighted by Gasteiger charge is 2.42. The molecule has 0 bridgehead atoms. The molecule has 3 N–H and O–H groups in total. The van der Waals surface area contributed by atoms with Crippen LogP contribution in [0.25, 0.3) is 0 Å². The minimum Gasteiger partial charge on any atom is -0.478 e. The van der Waals surface area contributed by atoms with Crippen LogP contribution in [0.2, 0.25) is 0 Å². The van der Waals surface area contributed by atoms with Crippen LogP contribution in [-0.4, -0.2) is 40.1 Å². The maximum absolute atomic E-state index is 11.8. The Bertz CT molecular complexity index is 671. The Hall–Kier alpha value is -2.34. The minimum atomic E-state index is -1.22. The zero-order valence-electron chi connectivity index (χ0n) is 12.8. The van der Waals surface area contributed by atoms with E-state index in [-0.39, 0.29) is 11.1 Å². The first-order chi connectivity index (χ1) is 11.1. The summed E-state index contributed by atoms with van der Waals surface area (Å²) in [6.45, 7) is 1.60. The molecule has 0 aromatic heterocycles. The standard InChI is InChI=1S/C17H20N2O4/c20-15(21)12-6-4-7-13(14(12)16(22)23)17-8-2-1-3-10-19(17)11-5-9-18-17/h3-4,6-7,10,18H,1-2,5,8-9,11H2,(H,20,21)(H,22,23). The lowest BCUT2D eigenvalue weighted by Crippen LogP contribution is -2.58. The highest BCUT2D eigenvalue weighted by molar-refractivity contribution is 6.03. The van der Waals surface area contributed by atoms with Gasteiger partial charge in [0.2, 0.25) is 0 Å². The summed E-state index contributed by atoms with van der Waals surface area (Å²) in [5, 5.41) is 22.5. The van der Waals surface area contributed by atoms with Gasteiger partial charge in [-0.15, -0.1) is 0 Å². The highest BCUT2D eigenvalue weighted by Crippen LogP contribution is 2.38. The molecule has 1 aromatic carbocycles. The molecule has 1 atom stereocenters. The Morgan fingerprint density at radius 2 is 2.00 bits per heavy atom. The third-order valence-corrected chi connectivity index (χ3v) is 4.63. The summed E-state index contributed by atoms with van der Waals surface area (Å²) in [7, 11) is 0. The van der Waals surface area contributed by atoms with Crippen LogP contribution in [-0.2, 0) is 5.66 Å². The second kappa shape index (κ2) is 6.04. The Morgan fingerprint density at radius 3 is 2.74 bits per heavy atom. The van der Waals surface area contributed by atoms with Crippen molar-refractivity contribution in [1.29, 1.82) is 0 Å². The van der Waals surface area contributed by atoms with Gasteiger partial charge < -0.3 is 15.1 Å². The van der Waals surface area contributed by atoms with E-state index in [4.69, 9.17) is 0 Å². The van der Waals surface area contributed by atoms with E-state index < -0.39 is 17.6 Å². The van der Waals surface area contributed by atoms with Crippen LogP contribution >= 0.6 is 0 Å². The van der Waals surface area contributed by atoms with Gasteiger partial charge in [-0.05, 0) is 44.5 Å². The zero-order valence-corrected chi connectivity index (χ0v) is 12.8. The van der Waals surface area contributed by atoms with Gasteiger partial charge in [0.05, 0.1) is 11.1 Å². The van der Waals surface area contributed by atoms with Crippen molar-refractivity contribution >= 4 is 11.9 Å². The van der Waals surface area contributed by atoms with E-state index in [0.29, 0.717) is 5.56 Å². The van der Waals surface area contributed by atoms with Crippen LogP contribution in [0.3, 0.4) is 0 Å². The fraction of sp³-hybridized carbons (Fsp3) is 0.412. The maximum atomic E-state index is 11.8. The SMILES string of the molecule is O=C(O)c1cccc(C23CCCC=CN2CCCN3)c1C(=O)O. The predicted molar refractivity (Wildman–Crippen MR) is 84.4 cm³/mol. The lowest BCUT2D eigenvalue weighted by Gasteiger charge is -2.48. The number of aromatic carboxylic acids is 2. The molecule has 1 unspecified atom stereocenters. The summed E-state index contributed by atoms with van der Waals surface area (Å²) in [5.41, 5.74) is -0.388. The topological polar surface area (TPSA) is 89.9 Å². The van der Waals surface area contributed by atoms with Crippen LogP contribution in [0.15, 0.2) is 30.5 Å². The van der Waals surface area contributed by atoms with E-state index in [0.717, 1.165) is 38.8 Å². The molecular formula is C17H20N2O4. The summed E-state index contributed by atoms with van der Waals surface area (Å²) in [4.78, 5) is 25.4. The van der Waals surface area contributed by atoms with Gasteiger partial charge in [-0.25, -0.2) is 9.59 Å². The largest absolute Gasteiger partial charge is 0.478 e. The number of carbonyl (C=O) groups is 2. The quantitative estimate of drug-likeness (QED) is 0.792. The zero-order chi connectivity index (χ0) is 16.4. The van der Waals surface area contributed by atoms with Gasteiger partial charge in [0, 0.05) is 12.1 Å². The monoisotopic (exact) mass is 316 g/mol. The van der Waals surface area contributed by atoms with Crippen LogP contribution in [0.5, 0.6) is 0 Å². The number of nitrogens with zero attached hydrogens (tertiary/aromatic N) is 1. The van der Waals surface area contributed by atoms with Crippen molar-refractivity contribution in [1.82, 2.24) is 10.2 Å². The van der Waals surface area contributed by atoms with E-state index >= 15 is 0 Å². The number of benzene rings is 1. The lowest BCUT2D eigenvalue weighted by atomic mass is 9.85. The van der Waals surface area contributed by atoms with Gasteiger partial charge >= 0.3 is 11.9 Å². The molecule has 2 heterocycles. The molecule has 2 aliphatic rings. The number of fused-ring (bicyclic) bond motifs is 1. The Morgan fingerprint density at radius 1 is 1.17 bits per heavy atom. The third kappa shape index (κ3) is 2.59. The van der Waals surface area contributed by atoms with E-state index in [1.54, 1.807) is 12.1 Å². The van der Waals surface area contributed by atoms with Crippen LogP contribution in [0.4, 0.5) is 0 Å². The third-order valence-electron chi connectivity index (χ3n) is 4.63. The van der Waals surface area contributed by atoms with Gasteiger partial charge in [-0.3, -0.25) is 5.32 Å². The number of allylic oxidation sites excluding steroid dienone is 1. The van der Waals surface area contributed by atoms with Crippen molar-refractivity contribution in [2.45, 2.75) is 31.3 Å². The molecule has 0 aliphatic carbocycles. The number of hydrogen-bond acceptors (Lipinski definition) is 4. The summed E-state index contributed by atoms with van der Waals surface area (Å²) in [6.07, 6.45) is 7.66. The summed E-state index contributed by atoms with van der Waals surface area (Å²) in [6, 6.07) is 4.72. The first-order valence-electron chi connectivity index (χ1n) is 7.85. The average Bonchev–Trinajstić information content (AvgIpc) is 2.77. The fourth-order valence-corrected chi connectivity index (χ4v) is 3.64. The highest BCUT2D eigenvalue weighted by atomic mass is 16.4. The smallest absolute Gasteiger partial charge is 0.336 e. The van der Waals surface area contributed by atoms with Crippen LogP contribution in [0.1, 0.15) is 52.0 Å². The van der Waals surface area contributed by atoms with Gasteiger partial charge in [0.15, 0.2) is 0 Å². The van der Waals surface area contributed by atoms with Crippen molar-refractivity contribution in [2.75, 3.05) is 13.1 Å². The van der Waals surface area contributed by atoms with Gasteiger partial charge in [-0.2, -0.15) is 0 Å². The number of hydrogen-bond donors (Lipinski definition) is 3. The van der Waals surface area contributed by atoms with Crippen molar-refractivity contribution in [3.63, 3.8) is 0 Å². The molecule has 1 aromatic rings. The molecule has 1 fully saturated rings. The van der Waals surface area contributed by atoms with Crippen molar-refractivity contribution in [3.8, 4) is 0 Å². The molecule has 3 rings (SSSR count). The maximum Gasteiger partial charge on any atom is 0.336 e. The first-order valence-corrected chi connectivity index (χ1v) is 7.85. The molecule has 0 amide bonds. The number of rotatable bonds is 3. The molecule has 0 radical (unpaired) electrons. The molecule has 0 spiro atoms. The fourth-order valence-electron chi connectivity index (χ4n) is 3.64. The summed E-state index contributed by atoms with van der Waals surface area (Å²) < 4.78 is 0. The predicted octanol–water partition coefficient (Wildman–Crippen LogP) is 2.23. The Labute approximate surface area is 134 Å². The molecule has 1 saturated heterocycles. The summed E-state index contributed by atoms with van der Waals surface area (Å²) >= 11 is 0. The first kappa shape index (κ1) is 15.6. The van der Waals surface area contributed by atoms with E-state index in [2.05, 4.69) is 16.3 Å². The molecule has 0 saturated carbocycles. The van der Waals surface area contributed by atoms with Crippen LogP contribution in [0, 0.1) is 0 Å². The number of carboxylic acids is 2. The Kier molecular flexibility index (Phi) is 4.09. The Balaban J connectivity index is 2.22. The lowest BCUT2D eigenvalue weighted by molar-refractivity contribution is 0.0542. The number of nitrogens with one attached hydrogen (secondary N) is 1. The van der Waals surface area contributed by atoms with Crippen LogP contribution < -0.4 is 5.32 Å². The molecular weight excluding hydrogens is 296 g/mol. The molecule has 6 heteroatoms. The van der Waals surface area contributed by atoms with E-state index in [1.165, 1.54) is 6.07 Å². The average molecular weight is 316 g/mol. The molecule has 2 aliphatic heterocycles. The normalized spacial score (nSPS) is 23.9. The van der Waals surface area contributed by atoms with Gasteiger partial charge in [0.1, 0.15) is 5.66 Å². The number of carboxylic acid groups (broad SMARTS) is 2. The van der Waals surface area contributed by atoms with Gasteiger partial charge in [-0.1, -0.05) is 18.2 Å². The van der Waals surface area contributed by atoms with Crippen molar-refractivity contribution < 1.29 is 19.8 Å². The van der Waals surface area contributed by atoms with E-state index in [1.807, 2.05) is 6.20 Å². The minimum absolute atomic E-state index is 0.116. The van der Waals surface area contributed by atoms with E-state index in [9.17, 15) is 19.8 Å². The second-order valence-electron chi connectivity index (χ2n) is 5.95. The molecule has 23 heavy (non-hydrogen) atoms. The van der Waals surface area contributed by atoms with Crippen molar-refractivity contribution in [3.05, 3.63) is 47.2 Å². The van der Waals surface area contributed by atoms with Crippen molar-refractivity contribution in [2.24, 2.45) is 0 Å². The second-order valence-corrected chi connectivity index (χ2v) is 5.95. The molecule has 122 valence electrons. The molecule has 6 nitrogen and oxygen atoms in total. The summed E-state index contributed by atoms with van der Waals surface area (Å²) in [5.74, 6) is -2.42. The van der Waals surface area contributed by atoms with Gasteiger partial charge in [0.25, 0.3) is 0 Å².